The quantitative estimate of drug-likeness (QED) is 0.252. The zero-order valence-electron chi connectivity index (χ0n) is 14.8. The molecule has 1 aromatic carbocycles. The minimum Gasteiger partial charge on any atom is -0.382 e. The molecular weight excluding hydrogens is 324 g/mol. The number of nitro groups is 1. The summed E-state index contributed by atoms with van der Waals surface area (Å²) < 4.78 is 10.6. The SMILES string of the molecule is CN=C(NCc1cccc([N+](=O)[O-])c1)N1CCC(COCCOC)C1. The van der Waals surface area contributed by atoms with Gasteiger partial charge in [-0.3, -0.25) is 15.1 Å². The fourth-order valence-corrected chi connectivity index (χ4v) is 2.85. The van der Waals surface area contributed by atoms with Gasteiger partial charge in [0.25, 0.3) is 5.69 Å². The van der Waals surface area contributed by atoms with E-state index in [1.54, 1.807) is 26.3 Å². The lowest BCUT2D eigenvalue weighted by Crippen LogP contribution is -2.39. The first kappa shape index (κ1) is 19.1. The third-order valence-corrected chi connectivity index (χ3v) is 4.15. The van der Waals surface area contributed by atoms with Crippen LogP contribution < -0.4 is 5.32 Å². The predicted molar refractivity (Wildman–Crippen MR) is 95.7 cm³/mol. The van der Waals surface area contributed by atoms with Gasteiger partial charge < -0.3 is 19.7 Å². The number of nitro benzene ring substituents is 1. The lowest BCUT2D eigenvalue weighted by Gasteiger charge is -2.21. The molecule has 0 aromatic heterocycles. The van der Waals surface area contributed by atoms with Crippen molar-refractivity contribution in [1.29, 1.82) is 0 Å². The maximum absolute atomic E-state index is 10.9. The summed E-state index contributed by atoms with van der Waals surface area (Å²) >= 11 is 0. The number of non-ortho nitro benzene ring substituents is 1. The molecule has 0 radical (unpaired) electrons. The zero-order chi connectivity index (χ0) is 18.1. The average Bonchev–Trinajstić information content (AvgIpc) is 3.08. The Labute approximate surface area is 148 Å². The van der Waals surface area contributed by atoms with Crippen LogP contribution in [0, 0.1) is 16.0 Å². The standard InChI is InChI=1S/C17H26N4O4/c1-18-17(19-11-14-4-3-5-16(10-14)21(22)23)20-7-6-15(12-20)13-25-9-8-24-2/h3-5,10,15H,6-9,11-13H2,1-2H3,(H,18,19). The molecule has 1 aliphatic rings. The number of guanidine groups is 1. The van der Waals surface area contributed by atoms with Gasteiger partial charge in [-0.1, -0.05) is 12.1 Å². The Hall–Kier alpha value is -2.19. The van der Waals surface area contributed by atoms with E-state index in [2.05, 4.69) is 15.2 Å². The summed E-state index contributed by atoms with van der Waals surface area (Å²) in [6.45, 7) is 4.27. The van der Waals surface area contributed by atoms with E-state index in [1.807, 2.05) is 6.07 Å². The van der Waals surface area contributed by atoms with E-state index in [0.29, 0.717) is 25.7 Å². The molecule has 1 aliphatic heterocycles. The van der Waals surface area contributed by atoms with Crippen LogP contribution in [0.25, 0.3) is 0 Å². The Morgan fingerprint density at radius 2 is 2.32 bits per heavy atom. The molecule has 1 atom stereocenters. The van der Waals surface area contributed by atoms with Crippen molar-refractivity contribution in [2.24, 2.45) is 10.9 Å². The molecule has 2 rings (SSSR count). The monoisotopic (exact) mass is 350 g/mol. The molecule has 1 fully saturated rings. The van der Waals surface area contributed by atoms with Crippen molar-refractivity contribution >= 4 is 11.6 Å². The van der Waals surface area contributed by atoms with Crippen molar-refractivity contribution in [3.63, 3.8) is 0 Å². The Bertz CT molecular complexity index is 594. The van der Waals surface area contributed by atoms with Crippen LogP contribution >= 0.6 is 0 Å². The van der Waals surface area contributed by atoms with E-state index in [1.165, 1.54) is 6.07 Å². The van der Waals surface area contributed by atoms with Gasteiger partial charge in [0, 0.05) is 51.8 Å². The van der Waals surface area contributed by atoms with E-state index < -0.39 is 0 Å². The molecule has 0 bridgehead atoms. The summed E-state index contributed by atoms with van der Waals surface area (Å²) in [6, 6.07) is 6.63. The van der Waals surface area contributed by atoms with Gasteiger partial charge in [-0.25, -0.2) is 0 Å². The minimum atomic E-state index is -0.382. The number of nitrogens with zero attached hydrogens (tertiary/aromatic N) is 3. The molecule has 138 valence electrons. The fourth-order valence-electron chi connectivity index (χ4n) is 2.85. The molecule has 8 nitrogen and oxygen atoms in total. The van der Waals surface area contributed by atoms with E-state index in [4.69, 9.17) is 9.47 Å². The van der Waals surface area contributed by atoms with Crippen molar-refractivity contribution < 1.29 is 14.4 Å². The van der Waals surface area contributed by atoms with Gasteiger partial charge in [0.2, 0.25) is 0 Å². The smallest absolute Gasteiger partial charge is 0.269 e. The topological polar surface area (TPSA) is 89.2 Å². The van der Waals surface area contributed by atoms with Crippen molar-refractivity contribution in [1.82, 2.24) is 10.2 Å². The number of likely N-dealkylation sites (tertiary alicyclic amines) is 1. The number of nitrogens with one attached hydrogen (secondary N) is 1. The van der Waals surface area contributed by atoms with Crippen LogP contribution in [-0.2, 0) is 16.0 Å². The highest BCUT2D eigenvalue weighted by molar-refractivity contribution is 5.80. The average molecular weight is 350 g/mol. The maximum atomic E-state index is 10.9. The molecule has 0 aliphatic carbocycles. The number of hydrogen-bond donors (Lipinski definition) is 1. The van der Waals surface area contributed by atoms with Crippen molar-refractivity contribution in [3.8, 4) is 0 Å². The van der Waals surface area contributed by atoms with Crippen molar-refractivity contribution in [2.45, 2.75) is 13.0 Å². The molecule has 0 amide bonds. The first-order valence-electron chi connectivity index (χ1n) is 8.39. The summed E-state index contributed by atoms with van der Waals surface area (Å²) in [4.78, 5) is 17.0. The second kappa shape index (κ2) is 9.95. The van der Waals surface area contributed by atoms with Gasteiger partial charge in [0.15, 0.2) is 5.96 Å². The second-order valence-corrected chi connectivity index (χ2v) is 6.00. The predicted octanol–water partition coefficient (Wildman–Crippen LogP) is 1.66. The lowest BCUT2D eigenvalue weighted by molar-refractivity contribution is -0.384. The minimum absolute atomic E-state index is 0.101. The van der Waals surface area contributed by atoms with Gasteiger partial charge in [-0.05, 0) is 12.0 Å². The van der Waals surface area contributed by atoms with Crippen LogP contribution in [0.2, 0.25) is 0 Å². The van der Waals surface area contributed by atoms with Crippen LogP contribution in [0.15, 0.2) is 29.3 Å². The summed E-state index contributed by atoms with van der Waals surface area (Å²) in [7, 11) is 3.41. The molecule has 0 saturated carbocycles. The Morgan fingerprint density at radius 3 is 3.04 bits per heavy atom. The molecule has 1 saturated heterocycles. The van der Waals surface area contributed by atoms with Gasteiger partial charge >= 0.3 is 0 Å². The molecule has 1 heterocycles. The first-order chi connectivity index (χ1) is 12.1. The van der Waals surface area contributed by atoms with Crippen molar-refractivity contribution in [3.05, 3.63) is 39.9 Å². The second-order valence-electron chi connectivity index (χ2n) is 6.00. The summed E-state index contributed by atoms with van der Waals surface area (Å²) in [5, 5.41) is 14.1. The van der Waals surface area contributed by atoms with E-state index in [9.17, 15) is 10.1 Å². The Kier molecular flexibility index (Phi) is 7.62. The molecular formula is C17H26N4O4. The van der Waals surface area contributed by atoms with Crippen LogP contribution in [0.5, 0.6) is 0 Å². The summed E-state index contributed by atoms with van der Waals surface area (Å²) in [5.41, 5.74) is 0.956. The summed E-state index contributed by atoms with van der Waals surface area (Å²) in [6.07, 6.45) is 1.06. The van der Waals surface area contributed by atoms with Gasteiger partial charge in [-0.15, -0.1) is 0 Å². The number of benzene rings is 1. The lowest BCUT2D eigenvalue weighted by atomic mass is 10.1. The Morgan fingerprint density at radius 1 is 1.48 bits per heavy atom. The third-order valence-electron chi connectivity index (χ3n) is 4.15. The van der Waals surface area contributed by atoms with Gasteiger partial charge in [0.05, 0.1) is 24.7 Å². The molecule has 1 unspecified atom stereocenters. The Balaban J connectivity index is 1.81. The van der Waals surface area contributed by atoms with Gasteiger partial charge in [0.1, 0.15) is 0 Å². The normalized spacial score (nSPS) is 17.8. The van der Waals surface area contributed by atoms with E-state index >= 15 is 0 Å². The highest BCUT2D eigenvalue weighted by Crippen LogP contribution is 2.17. The van der Waals surface area contributed by atoms with E-state index in [-0.39, 0.29) is 10.6 Å². The first-order valence-corrected chi connectivity index (χ1v) is 8.39. The number of aliphatic imine (C=N–C) groups is 1. The summed E-state index contributed by atoms with van der Waals surface area (Å²) in [5.74, 6) is 1.29. The highest BCUT2D eigenvalue weighted by Gasteiger charge is 2.24. The molecule has 0 spiro atoms. The van der Waals surface area contributed by atoms with Crippen LogP contribution in [0.1, 0.15) is 12.0 Å². The third kappa shape index (κ3) is 5.99. The van der Waals surface area contributed by atoms with Gasteiger partial charge in [-0.2, -0.15) is 0 Å². The molecule has 1 aromatic rings. The molecule has 25 heavy (non-hydrogen) atoms. The van der Waals surface area contributed by atoms with Crippen LogP contribution in [0.4, 0.5) is 5.69 Å². The molecule has 1 N–H and O–H groups in total. The number of hydrogen-bond acceptors (Lipinski definition) is 5. The van der Waals surface area contributed by atoms with Crippen LogP contribution in [0.3, 0.4) is 0 Å². The molecule has 8 heteroatoms. The number of ether oxygens (including phenoxy) is 2. The fraction of sp³-hybridized carbons (Fsp3) is 0.588. The number of methoxy groups -OCH3 is 1. The van der Waals surface area contributed by atoms with Crippen molar-refractivity contribution in [2.75, 3.05) is 47.1 Å². The van der Waals surface area contributed by atoms with Crippen LogP contribution in [-0.4, -0.2) is 62.9 Å². The largest absolute Gasteiger partial charge is 0.382 e. The highest BCUT2D eigenvalue weighted by atomic mass is 16.6. The zero-order valence-corrected chi connectivity index (χ0v) is 14.8. The maximum Gasteiger partial charge on any atom is 0.269 e. The van der Waals surface area contributed by atoms with E-state index in [0.717, 1.165) is 37.6 Å². The number of rotatable bonds is 8.